The lowest BCUT2D eigenvalue weighted by Gasteiger charge is -2.31. The van der Waals surface area contributed by atoms with Crippen LogP contribution < -0.4 is 5.32 Å². The van der Waals surface area contributed by atoms with Crippen LogP contribution in [0, 0.1) is 0 Å². The number of phenols is 1. The van der Waals surface area contributed by atoms with Crippen LogP contribution >= 0.6 is 11.8 Å². The molecule has 0 amide bonds. The number of hydrogen-bond donors (Lipinski definition) is 2. The van der Waals surface area contributed by atoms with E-state index in [1.165, 1.54) is 31.2 Å². The molecule has 2 aliphatic carbocycles. The molecule has 104 valence electrons. The summed E-state index contributed by atoms with van der Waals surface area (Å²) < 4.78 is 0. The van der Waals surface area contributed by atoms with Crippen molar-refractivity contribution < 1.29 is 5.11 Å². The number of rotatable bonds is 3. The minimum atomic E-state index is 0.452. The highest BCUT2D eigenvalue weighted by atomic mass is 32.2. The van der Waals surface area contributed by atoms with E-state index in [2.05, 4.69) is 17.6 Å². The molecule has 2 nitrogen and oxygen atoms in total. The van der Waals surface area contributed by atoms with Crippen molar-refractivity contribution in [3.8, 4) is 5.75 Å². The van der Waals surface area contributed by atoms with E-state index in [0.29, 0.717) is 17.8 Å². The molecule has 1 aromatic carbocycles. The van der Waals surface area contributed by atoms with Gasteiger partial charge in [-0.25, -0.2) is 0 Å². The van der Waals surface area contributed by atoms with Crippen molar-refractivity contribution in [3.63, 3.8) is 0 Å². The first kappa shape index (κ1) is 13.3. The summed E-state index contributed by atoms with van der Waals surface area (Å²) in [5, 5.41) is 14.6. The lowest BCUT2D eigenvalue weighted by atomic mass is 9.93. The van der Waals surface area contributed by atoms with Crippen molar-refractivity contribution in [1.82, 2.24) is 5.32 Å². The maximum atomic E-state index is 9.90. The third kappa shape index (κ3) is 2.77. The summed E-state index contributed by atoms with van der Waals surface area (Å²) in [7, 11) is 0. The molecule has 3 heteroatoms. The maximum absolute atomic E-state index is 9.90. The summed E-state index contributed by atoms with van der Waals surface area (Å²) in [5.41, 5.74) is 2.49. The number of aromatic hydroxyl groups is 1. The predicted molar refractivity (Wildman–Crippen MR) is 81.9 cm³/mol. The van der Waals surface area contributed by atoms with E-state index in [1.807, 2.05) is 23.9 Å². The molecule has 0 bridgehead atoms. The smallest absolute Gasteiger partial charge is 0.119 e. The molecule has 3 rings (SSSR count). The van der Waals surface area contributed by atoms with Crippen molar-refractivity contribution in [2.24, 2.45) is 0 Å². The van der Waals surface area contributed by atoms with E-state index >= 15 is 0 Å². The second-order valence-electron chi connectivity index (χ2n) is 5.82. The van der Waals surface area contributed by atoms with Gasteiger partial charge in [0.25, 0.3) is 0 Å². The standard InChI is InChI=1S/C16H23NOS/c1-19-12-5-2-4-11(10-12)17-15-9-8-14-13(15)6-3-7-16(14)18/h3,6-7,11-12,15,17-18H,2,4-5,8-10H2,1H3. The Morgan fingerprint density at radius 1 is 1.26 bits per heavy atom. The molecule has 0 aliphatic heterocycles. The molecule has 19 heavy (non-hydrogen) atoms. The summed E-state index contributed by atoms with van der Waals surface area (Å²) in [6.07, 6.45) is 9.71. The zero-order valence-electron chi connectivity index (χ0n) is 11.6. The van der Waals surface area contributed by atoms with Gasteiger partial charge >= 0.3 is 0 Å². The highest BCUT2D eigenvalue weighted by molar-refractivity contribution is 7.99. The van der Waals surface area contributed by atoms with Gasteiger partial charge in [0.15, 0.2) is 0 Å². The number of phenolic OH excluding ortho intramolecular Hbond substituents is 1. The van der Waals surface area contributed by atoms with Crippen LogP contribution in [0.1, 0.15) is 49.3 Å². The topological polar surface area (TPSA) is 32.3 Å². The largest absolute Gasteiger partial charge is 0.508 e. The molecule has 0 radical (unpaired) electrons. The molecule has 1 fully saturated rings. The van der Waals surface area contributed by atoms with Crippen LogP contribution in [0.3, 0.4) is 0 Å². The average Bonchev–Trinajstić information content (AvgIpc) is 2.84. The molecule has 3 unspecified atom stereocenters. The molecule has 0 saturated heterocycles. The highest BCUT2D eigenvalue weighted by Gasteiger charge is 2.28. The first-order valence-corrected chi connectivity index (χ1v) is 8.66. The number of nitrogens with one attached hydrogen (secondary N) is 1. The van der Waals surface area contributed by atoms with Crippen LogP contribution in [-0.2, 0) is 6.42 Å². The number of fused-ring (bicyclic) bond motifs is 1. The molecule has 3 atom stereocenters. The van der Waals surface area contributed by atoms with Crippen LogP contribution in [0.5, 0.6) is 5.75 Å². The second-order valence-corrected chi connectivity index (χ2v) is 6.96. The van der Waals surface area contributed by atoms with Crippen molar-refractivity contribution in [3.05, 3.63) is 29.3 Å². The number of benzene rings is 1. The van der Waals surface area contributed by atoms with E-state index in [9.17, 15) is 5.11 Å². The summed E-state index contributed by atoms with van der Waals surface area (Å²) in [5.74, 6) is 0.479. The third-order valence-corrected chi connectivity index (χ3v) is 5.74. The number of thioether (sulfide) groups is 1. The van der Waals surface area contributed by atoms with Gasteiger partial charge in [-0.2, -0.15) is 11.8 Å². The first-order chi connectivity index (χ1) is 9.28. The molecule has 0 aromatic heterocycles. The summed E-state index contributed by atoms with van der Waals surface area (Å²) >= 11 is 2.02. The molecule has 0 spiro atoms. The van der Waals surface area contributed by atoms with Gasteiger partial charge in [0, 0.05) is 17.3 Å². The first-order valence-electron chi connectivity index (χ1n) is 7.37. The van der Waals surface area contributed by atoms with Crippen molar-refractivity contribution in [1.29, 1.82) is 0 Å². The van der Waals surface area contributed by atoms with E-state index < -0.39 is 0 Å². The van der Waals surface area contributed by atoms with E-state index in [4.69, 9.17) is 0 Å². The van der Waals surface area contributed by atoms with Crippen LogP contribution in [0.2, 0.25) is 0 Å². The Morgan fingerprint density at radius 3 is 3.00 bits per heavy atom. The molecule has 2 aliphatic rings. The quantitative estimate of drug-likeness (QED) is 0.884. The van der Waals surface area contributed by atoms with E-state index in [-0.39, 0.29) is 0 Å². The van der Waals surface area contributed by atoms with Crippen LogP contribution in [0.25, 0.3) is 0 Å². The zero-order chi connectivity index (χ0) is 13.2. The highest BCUT2D eigenvalue weighted by Crippen LogP contribution is 2.37. The maximum Gasteiger partial charge on any atom is 0.119 e. The zero-order valence-corrected chi connectivity index (χ0v) is 12.4. The van der Waals surface area contributed by atoms with Crippen molar-refractivity contribution in [2.75, 3.05) is 6.26 Å². The van der Waals surface area contributed by atoms with Crippen LogP contribution in [0.15, 0.2) is 18.2 Å². The van der Waals surface area contributed by atoms with E-state index in [1.54, 1.807) is 0 Å². The van der Waals surface area contributed by atoms with Crippen LogP contribution in [0.4, 0.5) is 0 Å². The normalized spacial score (nSPS) is 30.3. The predicted octanol–water partition coefficient (Wildman–Crippen LogP) is 3.64. The summed E-state index contributed by atoms with van der Waals surface area (Å²) in [4.78, 5) is 0. The number of hydrogen-bond acceptors (Lipinski definition) is 3. The molecular formula is C16H23NOS. The lowest BCUT2D eigenvalue weighted by Crippen LogP contribution is -2.36. The molecule has 1 aromatic rings. The second kappa shape index (κ2) is 5.76. The summed E-state index contributed by atoms with van der Waals surface area (Å²) in [6, 6.07) is 7.07. The third-order valence-electron chi connectivity index (χ3n) is 4.64. The monoisotopic (exact) mass is 277 g/mol. The fourth-order valence-electron chi connectivity index (χ4n) is 3.60. The molecule has 0 heterocycles. The van der Waals surface area contributed by atoms with Gasteiger partial charge in [0.2, 0.25) is 0 Å². The van der Waals surface area contributed by atoms with Gasteiger partial charge in [-0.1, -0.05) is 18.6 Å². The minimum absolute atomic E-state index is 0.452. The Balaban J connectivity index is 1.68. The Bertz CT molecular complexity index is 448. The van der Waals surface area contributed by atoms with Gasteiger partial charge in [0.1, 0.15) is 5.75 Å². The van der Waals surface area contributed by atoms with Gasteiger partial charge in [-0.3, -0.25) is 0 Å². The molecule has 1 saturated carbocycles. The Morgan fingerprint density at radius 2 is 2.16 bits per heavy atom. The fraction of sp³-hybridized carbons (Fsp3) is 0.625. The Hall–Kier alpha value is -0.670. The van der Waals surface area contributed by atoms with Crippen molar-refractivity contribution in [2.45, 2.75) is 55.9 Å². The van der Waals surface area contributed by atoms with E-state index in [0.717, 1.165) is 23.7 Å². The minimum Gasteiger partial charge on any atom is -0.508 e. The molecular weight excluding hydrogens is 254 g/mol. The van der Waals surface area contributed by atoms with Gasteiger partial charge in [-0.15, -0.1) is 0 Å². The summed E-state index contributed by atoms with van der Waals surface area (Å²) in [6.45, 7) is 0. The lowest BCUT2D eigenvalue weighted by molar-refractivity contribution is 0.343. The Labute approximate surface area is 120 Å². The van der Waals surface area contributed by atoms with Gasteiger partial charge in [-0.05, 0) is 55.6 Å². The van der Waals surface area contributed by atoms with Gasteiger partial charge < -0.3 is 10.4 Å². The van der Waals surface area contributed by atoms with Crippen molar-refractivity contribution >= 4 is 11.8 Å². The Kier molecular flexibility index (Phi) is 4.04. The van der Waals surface area contributed by atoms with Gasteiger partial charge in [0.05, 0.1) is 0 Å². The SMILES string of the molecule is CSC1CCCC(NC2CCc3c(O)cccc32)C1. The van der Waals surface area contributed by atoms with Crippen LogP contribution in [-0.4, -0.2) is 22.7 Å². The average molecular weight is 277 g/mol. The molecule has 2 N–H and O–H groups in total. The fourth-order valence-corrected chi connectivity index (χ4v) is 4.43.